The first-order valence-corrected chi connectivity index (χ1v) is 3.63. The number of hydrogen-bond acceptors (Lipinski definition) is 2. The molecule has 0 fully saturated rings. The zero-order chi connectivity index (χ0) is 8.69. The summed E-state index contributed by atoms with van der Waals surface area (Å²) in [4.78, 5) is 11.0. The van der Waals surface area contributed by atoms with Gasteiger partial charge in [-0.15, -0.1) is 12.3 Å². The van der Waals surface area contributed by atoms with Gasteiger partial charge in [0.25, 0.3) is 0 Å². The second-order valence-electron chi connectivity index (χ2n) is 2.38. The molecule has 62 valence electrons. The predicted octanol–water partition coefficient (Wildman–Crippen LogP) is -0.279. The molecule has 0 radical (unpaired) electrons. The smallest absolute Gasteiger partial charge is 0.224 e. The lowest BCUT2D eigenvalue weighted by molar-refractivity contribution is -0.124. The van der Waals surface area contributed by atoms with Crippen LogP contribution in [0.5, 0.6) is 0 Å². The maximum atomic E-state index is 11.0. The quantitative estimate of drug-likeness (QED) is 0.432. The summed E-state index contributed by atoms with van der Waals surface area (Å²) < 4.78 is 0. The molecular formula is C8H14N2O. The Labute approximate surface area is 67.3 Å². The van der Waals surface area contributed by atoms with Crippen LogP contribution in [0.4, 0.5) is 0 Å². The fourth-order valence-electron chi connectivity index (χ4n) is 0.539. The summed E-state index contributed by atoms with van der Waals surface area (Å²) in [6, 6.07) is 0. The second-order valence-corrected chi connectivity index (χ2v) is 2.38. The molecule has 1 amide bonds. The van der Waals surface area contributed by atoms with Crippen molar-refractivity contribution in [2.75, 3.05) is 13.1 Å². The number of nitrogens with two attached hydrogens (primary N) is 1. The van der Waals surface area contributed by atoms with Crippen molar-refractivity contribution in [1.82, 2.24) is 5.32 Å². The summed E-state index contributed by atoms with van der Waals surface area (Å²) in [6.07, 6.45) is 5.57. The van der Waals surface area contributed by atoms with Gasteiger partial charge in [0.15, 0.2) is 0 Å². The van der Waals surface area contributed by atoms with E-state index in [4.69, 9.17) is 12.2 Å². The van der Waals surface area contributed by atoms with Crippen LogP contribution < -0.4 is 11.1 Å². The van der Waals surface area contributed by atoms with Crippen LogP contribution in [0, 0.1) is 18.3 Å². The van der Waals surface area contributed by atoms with Crippen molar-refractivity contribution in [2.45, 2.75) is 13.3 Å². The van der Waals surface area contributed by atoms with Crippen molar-refractivity contribution in [2.24, 2.45) is 11.7 Å². The van der Waals surface area contributed by atoms with Gasteiger partial charge in [-0.2, -0.15) is 0 Å². The molecule has 0 aromatic carbocycles. The van der Waals surface area contributed by atoms with Crippen LogP contribution in [0.1, 0.15) is 13.3 Å². The van der Waals surface area contributed by atoms with Crippen molar-refractivity contribution >= 4 is 5.91 Å². The maximum absolute atomic E-state index is 11.0. The normalized spacial score (nSPS) is 11.7. The van der Waals surface area contributed by atoms with E-state index in [-0.39, 0.29) is 11.8 Å². The first-order chi connectivity index (χ1) is 5.22. The Hall–Kier alpha value is -1.01. The molecule has 3 heteroatoms. The second kappa shape index (κ2) is 5.75. The Balaban J connectivity index is 3.46. The fourth-order valence-corrected chi connectivity index (χ4v) is 0.539. The zero-order valence-corrected chi connectivity index (χ0v) is 6.76. The summed E-state index contributed by atoms with van der Waals surface area (Å²) in [5.41, 5.74) is 5.28. The number of amides is 1. The number of terminal acetylenes is 1. The molecule has 0 saturated heterocycles. The van der Waals surface area contributed by atoms with Gasteiger partial charge in [-0.25, -0.2) is 0 Å². The number of nitrogens with one attached hydrogen (secondary N) is 1. The molecule has 0 aliphatic heterocycles. The van der Waals surface area contributed by atoms with Crippen LogP contribution in [0.3, 0.4) is 0 Å². The molecular weight excluding hydrogens is 140 g/mol. The molecule has 0 aliphatic rings. The summed E-state index contributed by atoms with van der Waals surface area (Å²) in [6.45, 7) is 2.70. The zero-order valence-electron chi connectivity index (χ0n) is 6.76. The van der Waals surface area contributed by atoms with E-state index in [9.17, 15) is 4.79 Å². The van der Waals surface area contributed by atoms with E-state index in [0.717, 1.165) is 0 Å². The summed E-state index contributed by atoms with van der Waals surface area (Å²) in [5.74, 6) is 2.29. The molecule has 0 aromatic rings. The third-order valence-electron chi connectivity index (χ3n) is 1.37. The van der Waals surface area contributed by atoms with Gasteiger partial charge in [0, 0.05) is 25.4 Å². The van der Waals surface area contributed by atoms with Crippen LogP contribution in [-0.4, -0.2) is 19.0 Å². The third kappa shape index (κ3) is 4.40. The summed E-state index contributed by atoms with van der Waals surface area (Å²) in [5, 5.41) is 2.67. The van der Waals surface area contributed by atoms with E-state index in [1.165, 1.54) is 0 Å². The summed E-state index contributed by atoms with van der Waals surface area (Å²) >= 11 is 0. The molecule has 0 aromatic heterocycles. The highest BCUT2D eigenvalue weighted by molar-refractivity contribution is 5.78. The molecule has 0 spiro atoms. The molecule has 3 N–H and O–H groups in total. The minimum Gasteiger partial charge on any atom is -0.355 e. The average Bonchev–Trinajstić information content (AvgIpc) is 2.03. The van der Waals surface area contributed by atoms with E-state index in [1.807, 2.05) is 0 Å². The van der Waals surface area contributed by atoms with Crippen molar-refractivity contribution in [3.8, 4) is 12.3 Å². The molecule has 3 nitrogen and oxygen atoms in total. The summed E-state index contributed by atoms with van der Waals surface area (Å²) in [7, 11) is 0. The van der Waals surface area contributed by atoms with Gasteiger partial charge in [-0.05, 0) is 0 Å². The van der Waals surface area contributed by atoms with Crippen molar-refractivity contribution in [3.05, 3.63) is 0 Å². The first kappa shape index (κ1) is 9.99. The van der Waals surface area contributed by atoms with Gasteiger partial charge in [-0.3, -0.25) is 4.79 Å². The van der Waals surface area contributed by atoms with Gasteiger partial charge in [-0.1, -0.05) is 6.92 Å². The minimum atomic E-state index is -0.118. The van der Waals surface area contributed by atoms with Crippen LogP contribution >= 0.6 is 0 Å². The SMILES string of the molecule is C#CCCNC(=O)C(C)CN. The van der Waals surface area contributed by atoms with Crippen molar-refractivity contribution in [1.29, 1.82) is 0 Å². The van der Waals surface area contributed by atoms with Crippen molar-refractivity contribution < 1.29 is 4.79 Å². The molecule has 0 aliphatic carbocycles. The fraction of sp³-hybridized carbons (Fsp3) is 0.625. The maximum Gasteiger partial charge on any atom is 0.224 e. The van der Waals surface area contributed by atoms with Gasteiger partial charge in [0.05, 0.1) is 0 Å². The van der Waals surface area contributed by atoms with E-state index in [2.05, 4.69) is 11.2 Å². The highest BCUT2D eigenvalue weighted by atomic mass is 16.1. The van der Waals surface area contributed by atoms with Gasteiger partial charge in [0.1, 0.15) is 0 Å². The average molecular weight is 154 g/mol. The molecule has 11 heavy (non-hydrogen) atoms. The molecule has 1 unspecified atom stereocenters. The molecule has 1 atom stereocenters. The lowest BCUT2D eigenvalue weighted by Crippen LogP contribution is -2.33. The lowest BCUT2D eigenvalue weighted by Gasteiger charge is -2.07. The standard InChI is InChI=1S/C8H14N2O/c1-3-4-5-10-8(11)7(2)6-9/h1,7H,4-6,9H2,2H3,(H,10,11). The third-order valence-corrected chi connectivity index (χ3v) is 1.37. The highest BCUT2D eigenvalue weighted by Crippen LogP contribution is 1.89. The molecule has 0 saturated carbocycles. The van der Waals surface area contributed by atoms with E-state index in [0.29, 0.717) is 19.5 Å². The van der Waals surface area contributed by atoms with Crippen LogP contribution in [-0.2, 0) is 4.79 Å². The van der Waals surface area contributed by atoms with Gasteiger partial charge in [0.2, 0.25) is 5.91 Å². The minimum absolute atomic E-state index is 0.0252. The Kier molecular flexibility index (Phi) is 5.22. The topological polar surface area (TPSA) is 55.1 Å². The molecule has 0 bridgehead atoms. The Bertz CT molecular complexity index is 160. The van der Waals surface area contributed by atoms with Gasteiger partial charge >= 0.3 is 0 Å². The number of carbonyl (C=O) groups excluding carboxylic acids is 1. The number of hydrogen-bond donors (Lipinski definition) is 2. The van der Waals surface area contributed by atoms with Crippen molar-refractivity contribution in [3.63, 3.8) is 0 Å². The Morgan fingerprint density at radius 2 is 2.45 bits per heavy atom. The highest BCUT2D eigenvalue weighted by Gasteiger charge is 2.08. The first-order valence-electron chi connectivity index (χ1n) is 3.63. The Morgan fingerprint density at radius 3 is 2.91 bits per heavy atom. The lowest BCUT2D eigenvalue weighted by atomic mass is 10.2. The van der Waals surface area contributed by atoms with Crippen LogP contribution in [0.2, 0.25) is 0 Å². The van der Waals surface area contributed by atoms with Gasteiger partial charge < -0.3 is 11.1 Å². The number of rotatable bonds is 4. The van der Waals surface area contributed by atoms with Crippen LogP contribution in [0.25, 0.3) is 0 Å². The number of carbonyl (C=O) groups is 1. The molecule has 0 heterocycles. The monoisotopic (exact) mass is 154 g/mol. The van der Waals surface area contributed by atoms with E-state index >= 15 is 0 Å². The molecule has 0 rings (SSSR count). The van der Waals surface area contributed by atoms with E-state index in [1.54, 1.807) is 6.92 Å². The van der Waals surface area contributed by atoms with E-state index < -0.39 is 0 Å². The predicted molar refractivity (Wildman–Crippen MR) is 44.7 cm³/mol. The Morgan fingerprint density at radius 1 is 1.82 bits per heavy atom. The largest absolute Gasteiger partial charge is 0.355 e. The van der Waals surface area contributed by atoms with Crippen LogP contribution in [0.15, 0.2) is 0 Å².